The molecule has 0 fully saturated rings. The average Bonchev–Trinajstić information content (AvgIpc) is 3.37. The standard InChI is InChI=1S/C19H12ClFN4O2S/c20-16-8-3-12(9-22-16)18(26)23-10-14-6-7-15(28-14)19-24-17(25-27-19)11-1-4-13(21)5-2-11/h1-9H,10H2,(H,23,26). The lowest BCUT2D eigenvalue weighted by Crippen LogP contribution is -2.22. The van der Waals surface area contributed by atoms with Gasteiger partial charge in [-0.15, -0.1) is 11.3 Å². The quantitative estimate of drug-likeness (QED) is 0.483. The van der Waals surface area contributed by atoms with E-state index in [-0.39, 0.29) is 11.7 Å². The summed E-state index contributed by atoms with van der Waals surface area (Å²) < 4.78 is 18.3. The highest BCUT2D eigenvalue weighted by molar-refractivity contribution is 7.15. The van der Waals surface area contributed by atoms with Gasteiger partial charge in [0.05, 0.1) is 17.0 Å². The summed E-state index contributed by atoms with van der Waals surface area (Å²) in [6.45, 7) is 0.352. The fourth-order valence-electron chi connectivity index (χ4n) is 2.41. The Hall–Kier alpha value is -3.10. The van der Waals surface area contributed by atoms with E-state index in [2.05, 4.69) is 20.4 Å². The second-order valence-corrected chi connectivity index (χ2v) is 7.30. The van der Waals surface area contributed by atoms with E-state index in [1.807, 2.05) is 12.1 Å². The van der Waals surface area contributed by atoms with Crippen LogP contribution in [0.4, 0.5) is 4.39 Å². The van der Waals surface area contributed by atoms with Gasteiger partial charge in [0, 0.05) is 16.6 Å². The van der Waals surface area contributed by atoms with Gasteiger partial charge in [-0.05, 0) is 48.5 Å². The molecule has 0 saturated heterocycles. The molecule has 1 aromatic carbocycles. The number of aromatic nitrogens is 3. The molecular weight excluding hydrogens is 403 g/mol. The largest absolute Gasteiger partial charge is 0.347 e. The molecule has 0 atom stereocenters. The summed E-state index contributed by atoms with van der Waals surface area (Å²) in [5, 5.41) is 7.09. The lowest BCUT2D eigenvalue weighted by Gasteiger charge is -2.03. The van der Waals surface area contributed by atoms with E-state index in [4.69, 9.17) is 16.1 Å². The van der Waals surface area contributed by atoms with E-state index >= 15 is 0 Å². The minimum Gasteiger partial charge on any atom is -0.347 e. The number of thiophene rings is 1. The fourth-order valence-corrected chi connectivity index (χ4v) is 3.39. The van der Waals surface area contributed by atoms with E-state index in [0.29, 0.717) is 34.5 Å². The van der Waals surface area contributed by atoms with Crippen LogP contribution in [-0.4, -0.2) is 21.0 Å². The molecule has 4 rings (SSSR count). The molecule has 3 heterocycles. The van der Waals surface area contributed by atoms with Gasteiger partial charge < -0.3 is 9.84 Å². The molecular formula is C19H12ClFN4O2S. The van der Waals surface area contributed by atoms with E-state index in [9.17, 15) is 9.18 Å². The number of pyridine rings is 1. The number of nitrogens with one attached hydrogen (secondary N) is 1. The summed E-state index contributed by atoms with van der Waals surface area (Å²) in [7, 11) is 0. The number of nitrogens with zero attached hydrogens (tertiary/aromatic N) is 3. The van der Waals surface area contributed by atoms with Crippen LogP contribution in [0.15, 0.2) is 59.3 Å². The third-order valence-electron chi connectivity index (χ3n) is 3.81. The van der Waals surface area contributed by atoms with Crippen molar-refractivity contribution in [3.8, 4) is 22.2 Å². The Balaban J connectivity index is 1.42. The molecule has 1 N–H and O–H groups in total. The monoisotopic (exact) mass is 414 g/mol. The summed E-state index contributed by atoms with van der Waals surface area (Å²) in [4.78, 5) is 22.1. The minimum absolute atomic E-state index is 0.240. The van der Waals surface area contributed by atoms with E-state index in [1.54, 1.807) is 24.3 Å². The maximum Gasteiger partial charge on any atom is 0.268 e. The van der Waals surface area contributed by atoms with Gasteiger partial charge in [0.2, 0.25) is 5.82 Å². The second-order valence-electron chi connectivity index (χ2n) is 5.75. The number of carbonyl (C=O) groups excluding carboxylic acids is 1. The van der Waals surface area contributed by atoms with Crippen molar-refractivity contribution in [1.82, 2.24) is 20.4 Å². The fraction of sp³-hybridized carbons (Fsp3) is 0.0526. The lowest BCUT2D eigenvalue weighted by molar-refractivity contribution is 0.0951. The van der Waals surface area contributed by atoms with Crippen molar-refractivity contribution in [2.24, 2.45) is 0 Å². The van der Waals surface area contributed by atoms with Gasteiger partial charge >= 0.3 is 0 Å². The van der Waals surface area contributed by atoms with Crippen molar-refractivity contribution < 1.29 is 13.7 Å². The predicted octanol–water partition coefficient (Wildman–Crippen LogP) is 4.58. The highest BCUT2D eigenvalue weighted by Crippen LogP contribution is 2.28. The van der Waals surface area contributed by atoms with Crippen molar-refractivity contribution in [1.29, 1.82) is 0 Å². The highest BCUT2D eigenvalue weighted by Gasteiger charge is 2.13. The normalized spacial score (nSPS) is 10.8. The molecule has 9 heteroatoms. The molecule has 6 nitrogen and oxygen atoms in total. The molecule has 140 valence electrons. The Morgan fingerprint density at radius 3 is 2.71 bits per heavy atom. The number of benzene rings is 1. The number of halogens is 2. The van der Waals surface area contributed by atoms with Crippen molar-refractivity contribution in [2.45, 2.75) is 6.54 Å². The van der Waals surface area contributed by atoms with Crippen LogP contribution < -0.4 is 5.32 Å². The van der Waals surface area contributed by atoms with Crippen LogP contribution in [0.3, 0.4) is 0 Å². The lowest BCUT2D eigenvalue weighted by atomic mass is 10.2. The first-order chi connectivity index (χ1) is 13.6. The van der Waals surface area contributed by atoms with Crippen LogP contribution in [0.1, 0.15) is 15.2 Å². The predicted molar refractivity (Wildman–Crippen MR) is 103 cm³/mol. The van der Waals surface area contributed by atoms with Gasteiger partial charge in [0.15, 0.2) is 0 Å². The molecule has 0 aliphatic heterocycles. The zero-order valence-electron chi connectivity index (χ0n) is 14.2. The van der Waals surface area contributed by atoms with Gasteiger partial charge in [-0.3, -0.25) is 4.79 Å². The Morgan fingerprint density at radius 2 is 1.96 bits per heavy atom. The summed E-state index contributed by atoms with van der Waals surface area (Å²) in [5.41, 5.74) is 1.10. The second kappa shape index (κ2) is 7.87. The maximum atomic E-state index is 13.0. The highest BCUT2D eigenvalue weighted by atomic mass is 35.5. The third kappa shape index (κ3) is 4.08. The van der Waals surface area contributed by atoms with Crippen molar-refractivity contribution in [3.63, 3.8) is 0 Å². The summed E-state index contributed by atoms with van der Waals surface area (Å²) in [6.07, 6.45) is 1.42. The van der Waals surface area contributed by atoms with Crippen LogP contribution in [0, 0.1) is 5.82 Å². The van der Waals surface area contributed by atoms with Crippen LogP contribution in [0.25, 0.3) is 22.2 Å². The van der Waals surface area contributed by atoms with Crippen LogP contribution >= 0.6 is 22.9 Å². The van der Waals surface area contributed by atoms with Gasteiger partial charge in [0.1, 0.15) is 11.0 Å². The molecule has 0 spiro atoms. The Kier molecular flexibility index (Phi) is 5.14. The molecule has 0 aliphatic rings. The van der Waals surface area contributed by atoms with Crippen molar-refractivity contribution >= 4 is 28.8 Å². The molecule has 28 heavy (non-hydrogen) atoms. The van der Waals surface area contributed by atoms with Crippen LogP contribution in [0.2, 0.25) is 5.15 Å². The van der Waals surface area contributed by atoms with Gasteiger partial charge in [-0.2, -0.15) is 4.98 Å². The number of hydrogen-bond acceptors (Lipinski definition) is 6. The third-order valence-corrected chi connectivity index (χ3v) is 5.11. The summed E-state index contributed by atoms with van der Waals surface area (Å²) in [5.74, 6) is 0.180. The van der Waals surface area contributed by atoms with Gasteiger partial charge in [-0.1, -0.05) is 16.8 Å². The Morgan fingerprint density at radius 1 is 1.14 bits per heavy atom. The topological polar surface area (TPSA) is 80.9 Å². The maximum absolute atomic E-state index is 13.0. The number of carbonyl (C=O) groups is 1. The first-order valence-electron chi connectivity index (χ1n) is 8.17. The number of amides is 1. The summed E-state index contributed by atoms with van der Waals surface area (Å²) >= 11 is 7.15. The van der Waals surface area contributed by atoms with Crippen molar-refractivity contribution in [2.75, 3.05) is 0 Å². The van der Waals surface area contributed by atoms with Gasteiger partial charge in [0.25, 0.3) is 11.8 Å². The number of rotatable bonds is 5. The minimum atomic E-state index is -0.327. The zero-order valence-corrected chi connectivity index (χ0v) is 15.8. The number of hydrogen-bond donors (Lipinski definition) is 1. The first-order valence-corrected chi connectivity index (χ1v) is 9.36. The van der Waals surface area contributed by atoms with Crippen LogP contribution in [0.5, 0.6) is 0 Å². The van der Waals surface area contributed by atoms with E-state index < -0.39 is 0 Å². The molecule has 0 saturated carbocycles. The molecule has 4 aromatic rings. The zero-order chi connectivity index (χ0) is 19.5. The Bertz CT molecular complexity index is 1110. The summed E-state index contributed by atoms with van der Waals surface area (Å²) in [6, 6.07) is 12.8. The molecule has 0 aliphatic carbocycles. The van der Waals surface area contributed by atoms with Gasteiger partial charge in [-0.25, -0.2) is 9.37 Å². The molecule has 3 aromatic heterocycles. The van der Waals surface area contributed by atoms with E-state index in [0.717, 1.165) is 9.75 Å². The Labute approximate surface area is 168 Å². The first kappa shape index (κ1) is 18.3. The average molecular weight is 415 g/mol. The molecule has 0 bridgehead atoms. The van der Waals surface area contributed by atoms with E-state index in [1.165, 1.54) is 29.7 Å². The molecule has 0 radical (unpaired) electrons. The molecule has 0 unspecified atom stereocenters. The smallest absolute Gasteiger partial charge is 0.268 e. The van der Waals surface area contributed by atoms with Crippen LogP contribution in [-0.2, 0) is 6.54 Å². The molecule has 1 amide bonds. The van der Waals surface area contributed by atoms with Crippen molar-refractivity contribution in [3.05, 3.63) is 76.1 Å². The SMILES string of the molecule is O=C(NCc1ccc(-c2nc(-c3ccc(F)cc3)no2)s1)c1ccc(Cl)nc1.